The van der Waals surface area contributed by atoms with Crippen LogP contribution in [0.5, 0.6) is 0 Å². The van der Waals surface area contributed by atoms with E-state index < -0.39 is 6.03 Å². The van der Waals surface area contributed by atoms with E-state index in [-0.39, 0.29) is 36.3 Å². The van der Waals surface area contributed by atoms with Crippen LogP contribution in [0, 0.1) is 0 Å². The molecule has 3 aliphatic rings. The first-order valence-corrected chi connectivity index (χ1v) is 8.25. The molecule has 0 aromatic rings. The Hall–Kier alpha value is -2.16. The van der Waals surface area contributed by atoms with E-state index in [1.165, 1.54) is 0 Å². The second-order valence-electron chi connectivity index (χ2n) is 6.70. The summed E-state index contributed by atoms with van der Waals surface area (Å²) in [6.07, 6.45) is 1.92. The molecule has 132 valence electrons. The summed E-state index contributed by atoms with van der Waals surface area (Å²) in [5, 5.41) is 5.29. The molecule has 9 heteroatoms. The minimum Gasteiger partial charge on any atom is -0.356 e. The molecule has 2 N–H and O–H groups in total. The summed E-state index contributed by atoms with van der Waals surface area (Å²) in [7, 11) is 2.02. The summed E-state index contributed by atoms with van der Waals surface area (Å²) in [6, 6.07) is -0.513. The zero-order chi connectivity index (χ0) is 17.3. The maximum absolute atomic E-state index is 12.6. The molecule has 3 fully saturated rings. The van der Waals surface area contributed by atoms with Crippen molar-refractivity contribution in [3.8, 4) is 0 Å². The van der Waals surface area contributed by atoms with Gasteiger partial charge in [-0.15, -0.1) is 0 Å². The van der Waals surface area contributed by atoms with Crippen molar-refractivity contribution in [2.75, 3.05) is 46.3 Å². The largest absolute Gasteiger partial charge is 0.356 e. The summed E-state index contributed by atoms with van der Waals surface area (Å²) in [6.45, 7) is 2.11. The molecule has 3 rings (SSSR count). The Morgan fingerprint density at radius 2 is 1.96 bits per heavy atom. The fourth-order valence-electron chi connectivity index (χ4n) is 3.66. The van der Waals surface area contributed by atoms with Gasteiger partial charge in [-0.3, -0.25) is 24.2 Å². The number of likely N-dealkylation sites (N-methyl/N-ethyl adjacent to an activating group) is 1. The molecule has 3 heterocycles. The van der Waals surface area contributed by atoms with Crippen LogP contribution in [0.15, 0.2) is 0 Å². The van der Waals surface area contributed by atoms with Gasteiger partial charge in [0.15, 0.2) is 0 Å². The lowest BCUT2D eigenvalue weighted by atomic mass is 9.86. The van der Waals surface area contributed by atoms with Gasteiger partial charge in [-0.2, -0.15) is 0 Å². The maximum Gasteiger partial charge on any atom is 0.325 e. The average Bonchev–Trinajstić information content (AvgIpc) is 2.76. The van der Waals surface area contributed by atoms with Gasteiger partial charge in [-0.05, 0) is 19.9 Å². The monoisotopic (exact) mass is 337 g/mol. The molecule has 1 spiro atoms. The quantitative estimate of drug-likeness (QED) is 0.588. The van der Waals surface area contributed by atoms with E-state index in [1.807, 2.05) is 7.05 Å². The van der Waals surface area contributed by atoms with Crippen molar-refractivity contribution < 1.29 is 19.2 Å². The van der Waals surface area contributed by atoms with Crippen molar-refractivity contribution in [2.45, 2.75) is 24.8 Å². The van der Waals surface area contributed by atoms with Crippen molar-refractivity contribution in [2.24, 2.45) is 0 Å². The Labute approximate surface area is 140 Å². The first-order valence-electron chi connectivity index (χ1n) is 8.25. The number of carbonyl (C=O) groups excluding carboxylic acids is 4. The summed E-state index contributed by atoms with van der Waals surface area (Å²) in [5.74, 6) is -0.555. The van der Waals surface area contributed by atoms with Crippen molar-refractivity contribution in [3.63, 3.8) is 0 Å². The standard InChI is InChI=1S/C15H23N5O4/c1-18-6-7-19(10-15(18)3-2-11(21)16-5-4-15)13(23)9-20-12(22)8-17-14(20)24/h2-10H2,1H3,(H,16,21)(H,17,24)/t15-/m0/s1. The number of hydrogen-bond acceptors (Lipinski definition) is 5. The van der Waals surface area contributed by atoms with Crippen molar-refractivity contribution in [1.29, 1.82) is 0 Å². The number of imide groups is 1. The molecule has 24 heavy (non-hydrogen) atoms. The smallest absolute Gasteiger partial charge is 0.325 e. The number of nitrogens with zero attached hydrogens (tertiary/aromatic N) is 3. The SMILES string of the molecule is CN1CCN(C(=O)CN2C(=O)CNC2=O)C[C@]12CCNC(=O)CC2. The Balaban J connectivity index is 1.68. The molecule has 9 nitrogen and oxygen atoms in total. The molecule has 1 atom stereocenters. The number of rotatable bonds is 2. The molecular weight excluding hydrogens is 314 g/mol. The predicted molar refractivity (Wildman–Crippen MR) is 83.9 cm³/mol. The Bertz CT molecular complexity index is 564. The first kappa shape index (κ1) is 16.7. The number of piperazine rings is 1. The van der Waals surface area contributed by atoms with Crippen LogP contribution < -0.4 is 10.6 Å². The van der Waals surface area contributed by atoms with Crippen LogP contribution in [0.4, 0.5) is 4.79 Å². The summed E-state index contributed by atoms with van der Waals surface area (Å²) in [5.41, 5.74) is -0.232. The van der Waals surface area contributed by atoms with Gasteiger partial charge < -0.3 is 15.5 Å². The van der Waals surface area contributed by atoms with Gasteiger partial charge in [-0.1, -0.05) is 0 Å². The fourth-order valence-corrected chi connectivity index (χ4v) is 3.66. The normalized spacial score (nSPS) is 28.8. The van der Waals surface area contributed by atoms with E-state index in [4.69, 9.17) is 0 Å². The average molecular weight is 337 g/mol. The summed E-state index contributed by atoms with van der Waals surface area (Å²) < 4.78 is 0. The lowest BCUT2D eigenvalue weighted by molar-refractivity contribution is -0.140. The lowest BCUT2D eigenvalue weighted by Gasteiger charge is -2.49. The molecule has 0 radical (unpaired) electrons. The highest BCUT2D eigenvalue weighted by Crippen LogP contribution is 2.30. The molecule has 0 saturated carbocycles. The number of urea groups is 1. The van der Waals surface area contributed by atoms with Gasteiger partial charge in [0.25, 0.3) is 5.91 Å². The van der Waals surface area contributed by atoms with Crippen molar-refractivity contribution >= 4 is 23.8 Å². The van der Waals surface area contributed by atoms with E-state index in [2.05, 4.69) is 15.5 Å². The zero-order valence-corrected chi connectivity index (χ0v) is 13.8. The van der Waals surface area contributed by atoms with Crippen molar-refractivity contribution in [1.82, 2.24) is 25.3 Å². The number of amides is 5. The van der Waals surface area contributed by atoms with Crippen LogP contribution in [0.1, 0.15) is 19.3 Å². The van der Waals surface area contributed by atoms with Gasteiger partial charge in [0.1, 0.15) is 6.54 Å². The fraction of sp³-hybridized carbons (Fsp3) is 0.733. The van der Waals surface area contributed by atoms with E-state index in [1.54, 1.807) is 4.90 Å². The van der Waals surface area contributed by atoms with E-state index in [9.17, 15) is 19.2 Å². The summed E-state index contributed by atoms with van der Waals surface area (Å²) >= 11 is 0. The number of carbonyl (C=O) groups is 4. The maximum atomic E-state index is 12.6. The van der Waals surface area contributed by atoms with Crippen LogP contribution in [0.3, 0.4) is 0 Å². The molecule has 5 amide bonds. The third-order valence-corrected chi connectivity index (χ3v) is 5.31. The van der Waals surface area contributed by atoms with Crippen LogP contribution >= 0.6 is 0 Å². The first-order chi connectivity index (χ1) is 11.4. The third-order valence-electron chi connectivity index (χ3n) is 5.31. The molecular formula is C15H23N5O4. The van der Waals surface area contributed by atoms with Crippen LogP contribution in [0.2, 0.25) is 0 Å². The van der Waals surface area contributed by atoms with Crippen LogP contribution in [-0.2, 0) is 14.4 Å². The number of nitrogens with one attached hydrogen (secondary N) is 2. The van der Waals surface area contributed by atoms with Gasteiger partial charge in [-0.25, -0.2) is 4.79 Å². The van der Waals surface area contributed by atoms with Crippen LogP contribution in [0.25, 0.3) is 0 Å². The Morgan fingerprint density at radius 1 is 1.17 bits per heavy atom. The van der Waals surface area contributed by atoms with Gasteiger partial charge in [0.2, 0.25) is 11.8 Å². The van der Waals surface area contributed by atoms with E-state index >= 15 is 0 Å². The molecule has 0 bridgehead atoms. The second-order valence-corrected chi connectivity index (χ2v) is 6.70. The lowest BCUT2D eigenvalue weighted by Crippen LogP contribution is -2.63. The van der Waals surface area contributed by atoms with Gasteiger partial charge in [0.05, 0.1) is 6.54 Å². The zero-order valence-electron chi connectivity index (χ0n) is 13.8. The summed E-state index contributed by atoms with van der Waals surface area (Å²) in [4.78, 5) is 52.4. The third kappa shape index (κ3) is 3.08. The van der Waals surface area contributed by atoms with Crippen molar-refractivity contribution in [3.05, 3.63) is 0 Å². The molecule has 0 aliphatic carbocycles. The second kappa shape index (κ2) is 6.39. The molecule has 0 unspecified atom stereocenters. The molecule has 0 aromatic heterocycles. The minimum absolute atomic E-state index is 0.0445. The van der Waals surface area contributed by atoms with E-state index in [0.717, 1.165) is 11.3 Å². The molecule has 3 aliphatic heterocycles. The highest BCUT2D eigenvalue weighted by Gasteiger charge is 2.43. The predicted octanol–water partition coefficient (Wildman–Crippen LogP) is -1.65. The molecule has 0 aromatic carbocycles. The Morgan fingerprint density at radius 3 is 2.67 bits per heavy atom. The number of hydrogen-bond donors (Lipinski definition) is 2. The topological polar surface area (TPSA) is 102 Å². The van der Waals surface area contributed by atoms with Gasteiger partial charge in [0, 0.05) is 38.1 Å². The van der Waals surface area contributed by atoms with E-state index in [0.29, 0.717) is 39.0 Å². The molecule has 3 saturated heterocycles. The van der Waals surface area contributed by atoms with Crippen LogP contribution in [-0.4, -0.2) is 90.3 Å². The highest BCUT2D eigenvalue weighted by molar-refractivity contribution is 6.04. The minimum atomic E-state index is -0.513. The van der Waals surface area contributed by atoms with Gasteiger partial charge >= 0.3 is 6.03 Å². The highest BCUT2D eigenvalue weighted by atomic mass is 16.2. The Kier molecular flexibility index (Phi) is 4.44.